The summed E-state index contributed by atoms with van der Waals surface area (Å²) in [5.74, 6) is -2.07. The molecule has 0 N–H and O–H groups in total. The normalized spacial score (nSPS) is 10.1. The summed E-state index contributed by atoms with van der Waals surface area (Å²) in [5.41, 5.74) is -1.04. The Labute approximate surface area is 114 Å². The Morgan fingerprint density at radius 2 is 2.00 bits per heavy atom. The summed E-state index contributed by atoms with van der Waals surface area (Å²) < 4.78 is 32.6. The molecule has 0 heterocycles. The van der Waals surface area contributed by atoms with E-state index >= 15 is 0 Å². The van der Waals surface area contributed by atoms with Crippen molar-refractivity contribution in [2.75, 3.05) is 31.7 Å². The molecule has 0 radical (unpaired) electrons. The second-order valence-electron chi connectivity index (χ2n) is 3.90. The van der Waals surface area contributed by atoms with Crippen LogP contribution in [0.5, 0.6) is 0 Å². The van der Waals surface area contributed by atoms with Crippen LogP contribution in [0.3, 0.4) is 0 Å². The number of halogens is 2. The molecule has 0 aliphatic rings. The zero-order chi connectivity index (χ0) is 15.1. The summed E-state index contributed by atoms with van der Waals surface area (Å²) in [6, 6.07) is 3.19. The van der Waals surface area contributed by atoms with Crippen molar-refractivity contribution >= 4 is 11.4 Å². The highest BCUT2D eigenvalue weighted by Gasteiger charge is 2.21. The second-order valence-corrected chi connectivity index (χ2v) is 3.90. The van der Waals surface area contributed by atoms with Gasteiger partial charge < -0.3 is 9.64 Å². The van der Waals surface area contributed by atoms with Crippen LogP contribution in [0.1, 0.15) is 6.42 Å². The number of ether oxygens (including phenoxy) is 1. The van der Waals surface area contributed by atoms with E-state index in [0.29, 0.717) is 12.1 Å². The number of nitrogens with zero attached hydrogens (tertiary/aromatic N) is 3. The molecule has 0 aliphatic carbocycles. The number of anilines is 1. The smallest absolute Gasteiger partial charge is 0.275 e. The molecule has 0 aliphatic heterocycles. The third-order valence-electron chi connectivity index (χ3n) is 2.59. The average molecular weight is 285 g/mol. The van der Waals surface area contributed by atoms with Crippen LogP contribution in [0.15, 0.2) is 12.1 Å². The predicted octanol–water partition coefficient (Wildman–Crippen LogP) is 2.24. The monoisotopic (exact) mass is 285 g/mol. The van der Waals surface area contributed by atoms with E-state index in [2.05, 4.69) is 0 Å². The van der Waals surface area contributed by atoms with E-state index in [1.54, 1.807) is 0 Å². The van der Waals surface area contributed by atoms with Gasteiger partial charge in [0.05, 0.1) is 36.2 Å². The standard InChI is InChI=1S/C12H13F2N3O3/c1-20-6-5-16(4-2-3-15)12-10(13)7-9(17(18)19)8-11(12)14/h7-8H,2,4-6H2,1H3. The molecule has 20 heavy (non-hydrogen) atoms. The molecule has 0 unspecified atom stereocenters. The van der Waals surface area contributed by atoms with Crippen LogP contribution < -0.4 is 4.90 Å². The summed E-state index contributed by atoms with van der Waals surface area (Å²) in [4.78, 5) is 10.9. The Morgan fingerprint density at radius 1 is 1.40 bits per heavy atom. The molecular weight excluding hydrogens is 272 g/mol. The molecule has 6 nitrogen and oxygen atoms in total. The summed E-state index contributed by atoms with van der Waals surface area (Å²) >= 11 is 0. The summed E-state index contributed by atoms with van der Waals surface area (Å²) in [6.07, 6.45) is 0.0690. The fraction of sp³-hybridized carbons (Fsp3) is 0.417. The molecule has 0 saturated carbocycles. The molecule has 1 rings (SSSR count). The van der Waals surface area contributed by atoms with Gasteiger partial charge in [-0.15, -0.1) is 0 Å². The molecule has 0 bridgehead atoms. The Morgan fingerprint density at radius 3 is 2.45 bits per heavy atom. The maximum absolute atomic E-state index is 13.9. The molecule has 108 valence electrons. The Balaban J connectivity index is 3.12. The molecule has 8 heteroatoms. The zero-order valence-electron chi connectivity index (χ0n) is 10.8. The van der Waals surface area contributed by atoms with Crippen molar-refractivity contribution in [1.29, 1.82) is 5.26 Å². The maximum atomic E-state index is 13.9. The first-order valence-corrected chi connectivity index (χ1v) is 5.75. The lowest BCUT2D eigenvalue weighted by Crippen LogP contribution is -2.30. The van der Waals surface area contributed by atoms with Gasteiger partial charge in [-0.3, -0.25) is 10.1 Å². The van der Waals surface area contributed by atoms with Gasteiger partial charge in [-0.2, -0.15) is 5.26 Å². The predicted molar refractivity (Wildman–Crippen MR) is 67.3 cm³/mol. The number of non-ortho nitro benzene ring substituents is 1. The number of nitro groups is 1. The number of nitriles is 1. The van der Waals surface area contributed by atoms with Gasteiger partial charge in [-0.05, 0) is 0 Å². The van der Waals surface area contributed by atoms with Crippen LogP contribution in [0.2, 0.25) is 0 Å². The van der Waals surface area contributed by atoms with Gasteiger partial charge in [-0.25, -0.2) is 8.78 Å². The van der Waals surface area contributed by atoms with E-state index in [1.807, 2.05) is 6.07 Å². The topological polar surface area (TPSA) is 79.4 Å². The highest BCUT2D eigenvalue weighted by atomic mass is 19.1. The van der Waals surface area contributed by atoms with E-state index in [-0.39, 0.29) is 31.8 Å². The number of benzene rings is 1. The molecule has 1 aromatic carbocycles. The van der Waals surface area contributed by atoms with Crippen LogP contribution in [0.25, 0.3) is 0 Å². The van der Waals surface area contributed by atoms with Gasteiger partial charge in [0.15, 0.2) is 11.6 Å². The Kier molecular flexibility index (Phi) is 5.80. The second kappa shape index (κ2) is 7.35. The van der Waals surface area contributed by atoms with Crippen molar-refractivity contribution in [2.45, 2.75) is 6.42 Å². The lowest BCUT2D eigenvalue weighted by atomic mass is 10.2. The lowest BCUT2D eigenvalue weighted by molar-refractivity contribution is -0.385. The van der Waals surface area contributed by atoms with Crippen molar-refractivity contribution in [3.63, 3.8) is 0 Å². The number of rotatable bonds is 7. The molecule has 0 amide bonds. The van der Waals surface area contributed by atoms with Crippen molar-refractivity contribution < 1.29 is 18.4 Å². The first-order chi connectivity index (χ1) is 9.51. The largest absolute Gasteiger partial charge is 0.383 e. The molecule has 0 saturated heterocycles. The minimum atomic E-state index is -1.04. The number of hydrogen-bond acceptors (Lipinski definition) is 5. The van der Waals surface area contributed by atoms with Crippen LogP contribution in [-0.2, 0) is 4.74 Å². The maximum Gasteiger partial charge on any atom is 0.275 e. The molecular formula is C12H13F2N3O3. The van der Waals surface area contributed by atoms with Gasteiger partial charge in [0.2, 0.25) is 0 Å². The molecule has 0 atom stereocenters. The molecule has 0 spiro atoms. The van der Waals surface area contributed by atoms with Gasteiger partial charge in [0.1, 0.15) is 5.69 Å². The van der Waals surface area contributed by atoms with Crippen molar-refractivity contribution in [3.8, 4) is 6.07 Å². The van der Waals surface area contributed by atoms with E-state index in [0.717, 1.165) is 0 Å². The van der Waals surface area contributed by atoms with Gasteiger partial charge in [0.25, 0.3) is 5.69 Å². The number of nitro benzene ring substituents is 1. The molecule has 0 aromatic heterocycles. The van der Waals surface area contributed by atoms with Crippen LogP contribution in [0, 0.1) is 33.1 Å². The summed E-state index contributed by atoms with van der Waals surface area (Å²) in [7, 11) is 1.44. The van der Waals surface area contributed by atoms with E-state index in [4.69, 9.17) is 10.00 Å². The van der Waals surface area contributed by atoms with Crippen molar-refractivity contribution in [1.82, 2.24) is 0 Å². The highest BCUT2D eigenvalue weighted by molar-refractivity contribution is 5.54. The van der Waals surface area contributed by atoms with Crippen LogP contribution >= 0.6 is 0 Å². The molecule has 1 aromatic rings. The SMILES string of the molecule is COCCN(CCC#N)c1c(F)cc([N+](=O)[O-])cc1F. The minimum absolute atomic E-state index is 0.0690. The fourth-order valence-corrected chi connectivity index (χ4v) is 1.68. The lowest BCUT2D eigenvalue weighted by Gasteiger charge is -2.24. The van der Waals surface area contributed by atoms with Gasteiger partial charge >= 0.3 is 0 Å². The summed E-state index contributed by atoms with van der Waals surface area (Å²) in [6.45, 7) is 0.483. The Bertz CT molecular complexity index is 508. The van der Waals surface area contributed by atoms with E-state index < -0.39 is 22.2 Å². The number of hydrogen-bond donors (Lipinski definition) is 0. The summed E-state index contributed by atoms with van der Waals surface area (Å²) in [5, 5.41) is 19.1. The number of methoxy groups -OCH3 is 1. The quantitative estimate of drug-likeness (QED) is 0.567. The average Bonchev–Trinajstić information content (AvgIpc) is 2.40. The molecule has 0 fully saturated rings. The third kappa shape index (κ3) is 3.86. The van der Waals surface area contributed by atoms with Crippen molar-refractivity contribution in [3.05, 3.63) is 33.9 Å². The van der Waals surface area contributed by atoms with E-state index in [1.165, 1.54) is 12.0 Å². The van der Waals surface area contributed by atoms with Crippen molar-refractivity contribution in [2.24, 2.45) is 0 Å². The van der Waals surface area contributed by atoms with Gasteiger partial charge in [-0.1, -0.05) is 0 Å². The zero-order valence-corrected chi connectivity index (χ0v) is 10.8. The first-order valence-electron chi connectivity index (χ1n) is 5.75. The third-order valence-corrected chi connectivity index (χ3v) is 2.59. The first kappa shape index (κ1) is 15.8. The highest BCUT2D eigenvalue weighted by Crippen LogP contribution is 2.28. The fourth-order valence-electron chi connectivity index (χ4n) is 1.68. The minimum Gasteiger partial charge on any atom is -0.383 e. The van der Waals surface area contributed by atoms with Crippen LogP contribution in [0.4, 0.5) is 20.2 Å². The Hall–Kier alpha value is -2.27. The van der Waals surface area contributed by atoms with E-state index in [9.17, 15) is 18.9 Å². The van der Waals surface area contributed by atoms with Gasteiger partial charge in [0, 0.05) is 20.2 Å². The van der Waals surface area contributed by atoms with Crippen LogP contribution in [-0.4, -0.2) is 31.7 Å².